The van der Waals surface area contributed by atoms with Gasteiger partial charge in [-0.1, -0.05) is 5.16 Å². The number of carbonyl (C=O) groups excluding carboxylic acids is 1. The maximum Gasteiger partial charge on any atom is 0.420 e. The molecule has 1 aromatic carbocycles. The van der Waals surface area contributed by atoms with E-state index in [9.17, 15) is 28.1 Å². The van der Waals surface area contributed by atoms with Gasteiger partial charge in [0.1, 0.15) is 17.1 Å². The molecule has 3 aromatic rings. The Kier molecular flexibility index (Phi) is 5.80. The molecule has 0 aliphatic carbocycles. The highest BCUT2D eigenvalue weighted by Gasteiger charge is 2.33. The van der Waals surface area contributed by atoms with Crippen LogP contribution in [0.25, 0.3) is 11.1 Å². The third-order valence-electron chi connectivity index (χ3n) is 5.53. The van der Waals surface area contributed by atoms with Gasteiger partial charge >= 0.3 is 5.76 Å². The Hall–Kier alpha value is -3.52. The van der Waals surface area contributed by atoms with Crippen LogP contribution < -0.4 is 5.76 Å². The lowest BCUT2D eigenvalue weighted by molar-refractivity contribution is -0.384. The average Bonchev–Trinajstić information content (AvgIpc) is 3.13. The number of carbonyl (C=O) groups is 1. The van der Waals surface area contributed by atoms with Gasteiger partial charge in [0.05, 0.1) is 16.5 Å². The van der Waals surface area contributed by atoms with Crippen LogP contribution in [0.15, 0.2) is 36.8 Å². The first kappa shape index (κ1) is 22.7. The first-order valence-corrected chi connectivity index (χ1v) is 11.5. The lowest BCUT2D eigenvalue weighted by Gasteiger charge is -2.22. The molecule has 0 bridgehead atoms. The summed E-state index contributed by atoms with van der Waals surface area (Å²) in [6.45, 7) is 3.49. The number of amides is 1. The molecule has 4 rings (SSSR count). The first-order valence-electron chi connectivity index (χ1n) is 10.1. The van der Waals surface area contributed by atoms with Crippen LogP contribution in [0.3, 0.4) is 0 Å². The SMILES string of the molecule is Cc1noc(C)c1S(=O)(=O)N1CCCN(C(=O)Cn2c(=O)oc3cc([N+](=O)[O-])ccc32)CC1. The van der Waals surface area contributed by atoms with Crippen LogP contribution in [0, 0.1) is 24.0 Å². The maximum absolute atomic E-state index is 13.1. The number of non-ortho nitro benzene ring substituents is 1. The molecule has 176 valence electrons. The standard InChI is InChI=1S/C19H21N5O8S/c1-12-18(13(2)32-20-12)33(29,30)22-7-3-6-21(8-9-22)17(25)11-23-15-5-4-14(24(27)28)10-16(15)31-19(23)26/h4-5,10H,3,6-9,11H2,1-2H3. The molecule has 0 atom stereocenters. The van der Waals surface area contributed by atoms with Crippen molar-refractivity contribution in [3.63, 3.8) is 0 Å². The van der Waals surface area contributed by atoms with Crippen molar-refractivity contribution >= 4 is 32.7 Å². The summed E-state index contributed by atoms with van der Waals surface area (Å²) in [5.41, 5.74) is 0.309. The number of nitro benzene ring substituents is 1. The Morgan fingerprint density at radius 1 is 1.21 bits per heavy atom. The summed E-state index contributed by atoms with van der Waals surface area (Å²) >= 11 is 0. The van der Waals surface area contributed by atoms with Crippen molar-refractivity contribution in [2.24, 2.45) is 0 Å². The van der Waals surface area contributed by atoms with Gasteiger partial charge in [-0.3, -0.25) is 19.5 Å². The van der Waals surface area contributed by atoms with E-state index in [4.69, 9.17) is 8.94 Å². The van der Waals surface area contributed by atoms with E-state index < -0.39 is 26.6 Å². The van der Waals surface area contributed by atoms with Gasteiger partial charge < -0.3 is 13.8 Å². The van der Waals surface area contributed by atoms with Gasteiger partial charge in [-0.25, -0.2) is 13.2 Å². The van der Waals surface area contributed by atoms with Gasteiger partial charge in [0.25, 0.3) is 5.69 Å². The number of aromatic nitrogens is 2. The van der Waals surface area contributed by atoms with Crippen LogP contribution in [-0.2, 0) is 21.4 Å². The molecule has 0 radical (unpaired) electrons. The fraction of sp³-hybridized carbons (Fsp3) is 0.421. The minimum atomic E-state index is -3.84. The lowest BCUT2D eigenvalue weighted by atomic mass is 10.3. The van der Waals surface area contributed by atoms with E-state index in [0.717, 1.165) is 10.6 Å². The van der Waals surface area contributed by atoms with Crippen molar-refractivity contribution in [3.8, 4) is 0 Å². The summed E-state index contributed by atoms with van der Waals surface area (Å²) in [5, 5.41) is 14.6. The summed E-state index contributed by atoms with van der Waals surface area (Å²) in [4.78, 5) is 37.0. The number of sulfonamides is 1. The highest BCUT2D eigenvalue weighted by atomic mass is 32.2. The zero-order chi connectivity index (χ0) is 23.9. The van der Waals surface area contributed by atoms with Gasteiger partial charge in [0.2, 0.25) is 15.9 Å². The molecule has 13 nitrogen and oxygen atoms in total. The molecule has 2 aromatic heterocycles. The Labute approximate surface area is 187 Å². The quantitative estimate of drug-likeness (QED) is 0.384. The third-order valence-corrected chi connectivity index (χ3v) is 7.67. The van der Waals surface area contributed by atoms with Gasteiger partial charge in [-0.2, -0.15) is 4.31 Å². The number of fused-ring (bicyclic) bond motifs is 1. The number of nitro groups is 1. The Balaban J connectivity index is 1.50. The van der Waals surface area contributed by atoms with E-state index in [0.29, 0.717) is 13.0 Å². The normalized spacial score (nSPS) is 15.6. The smallest absolute Gasteiger partial charge is 0.407 e. The summed E-state index contributed by atoms with van der Waals surface area (Å²) in [7, 11) is -3.84. The maximum atomic E-state index is 13.1. The average molecular weight is 479 g/mol. The lowest BCUT2D eigenvalue weighted by Crippen LogP contribution is -2.39. The van der Waals surface area contributed by atoms with Crippen LogP contribution in [0.4, 0.5) is 5.69 Å². The predicted octanol–water partition coefficient (Wildman–Crippen LogP) is 1.03. The summed E-state index contributed by atoms with van der Waals surface area (Å²) in [6.07, 6.45) is 0.404. The number of benzene rings is 1. The van der Waals surface area contributed by atoms with Crippen LogP contribution in [-0.4, -0.2) is 64.4 Å². The summed E-state index contributed by atoms with van der Waals surface area (Å²) in [5.74, 6) is -0.998. The molecule has 0 unspecified atom stereocenters. The fourth-order valence-corrected chi connectivity index (χ4v) is 5.67. The van der Waals surface area contributed by atoms with Crippen LogP contribution in [0.1, 0.15) is 17.9 Å². The number of rotatable bonds is 5. The van der Waals surface area contributed by atoms with Crippen LogP contribution >= 0.6 is 0 Å². The van der Waals surface area contributed by atoms with E-state index in [2.05, 4.69) is 5.16 Å². The second-order valence-electron chi connectivity index (χ2n) is 7.65. The highest BCUT2D eigenvalue weighted by molar-refractivity contribution is 7.89. The molecule has 0 spiro atoms. The number of hydrogen-bond acceptors (Lipinski definition) is 9. The van der Waals surface area contributed by atoms with Crippen molar-refractivity contribution in [3.05, 3.63) is 50.3 Å². The zero-order valence-corrected chi connectivity index (χ0v) is 18.7. The van der Waals surface area contributed by atoms with Gasteiger partial charge in [0.15, 0.2) is 11.3 Å². The molecule has 1 aliphatic heterocycles. The van der Waals surface area contributed by atoms with Crippen molar-refractivity contribution in [2.45, 2.75) is 31.7 Å². The van der Waals surface area contributed by atoms with Crippen molar-refractivity contribution < 1.29 is 27.1 Å². The number of oxazole rings is 1. The van der Waals surface area contributed by atoms with E-state index in [-0.39, 0.29) is 59.3 Å². The monoisotopic (exact) mass is 479 g/mol. The molecule has 0 N–H and O–H groups in total. The molecule has 1 saturated heterocycles. The third kappa shape index (κ3) is 4.14. The van der Waals surface area contributed by atoms with Crippen molar-refractivity contribution in [2.75, 3.05) is 26.2 Å². The minimum Gasteiger partial charge on any atom is -0.407 e. The number of aryl methyl sites for hydroxylation is 2. The van der Waals surface area contributed by atoms with Crippen molar-refractivity contribution in [1.82, 2.24) is 18.9 Å². The topological polar surface area (TPSA) is 162 Å². The van der Waals surface area contributed by atoms with Gasteiger partial charge in [0, 0.05) is 32.2 Å². The molecule has 3 heterocycles. The zero-order valence-electron chi connectivity index (χ0n) is 17.9. The molecule has 14 heteroatoms. The highest BCUT2D eigenvalue weighted by Crippen LogP contribution is 2.24. The Bertz CT molecular complexity index is 1380. The summed E-state index contributed by atoms with van der Waals surface area (Å²) < 4.78 is 38.6. The molecular formula is C19H21N5O8S. The molecule has 1 fully saturated rings. The van der Waals surface area contributed by atoms with Gasteiger partial charge in [-0.15, -0.1) is 0 Å². The predicted molar refractivity (Wildman–Crippen MR) is 113 cm³/mol. The largest absolute Gasteiger partial charge is 0.420 e. The Morgan fingerprint density at radius 2 is 1.97 bits per heavy atom. The van der Waals surface area contributed by atoms with Crippen LogP contribution in [0.2, 0.25) is 0 Å². The Morgan fingerprint density at radius 3 is 2.64 bits per heavy atom. The molecule has 1 aliphatic rings. The molecule has 0 saturated carbocycles. The molecule has 1 amide bonds. The first-order chi connectivity index (χ1) is 15.6. The van der Waals surface area contributed by atoms with Crippen LogP contribution in [0.5, 0.6) is 0 Å². The molecular weight excluding hydrogens is 458 g/mol. The second kappa shape index (κ2) is 8.44. The minimum absolute atomic E-state index is 0.00889. The number of hydrogen-bond donors (Lipinski definition) is 0. The van der Waals surface area contributed by atoms with E-state index >= 15 is 0 Å². The fourth-order valence-electron chi connectivity index (χ4n) is 3.91. The van der Waals surface area contributed by atoms with Gasteiger partial charge in [-0.05, 0) is 26.3 Å². The number of nitrogens with zero attached hydrogens (tertiary/aromatic N) is 5. The molecule has 33 heavy (non-hydrogen) atoms. The van der Waals surface area contributed by atoms with E-state index in [1.807, 2.05) is 0 Å². The summed E-state index contributed by atoms with van der Waals surface area (Å²) in [6, 6.07) is 3.70. The second-order valence-corrected chi connectivity index (χ2v) is 9.53. The van der Waals surface area contributed by atoms with E-state index in [1.54, 1.807) is 6.92 Å². The van der Waals surface area contributed by atoms with E-state index in [1.165, 1.54) is 28.3 Å². The van der Waals surface area contributed by atoms with Crippen molar-refractivity contribution in [1.29, 1.82) is 0 Å².